The number of aromatic nitrogens is 3. The molecule has 0 atom stereocenters. The van der Waals surface area contributed by atoms with Crippen LogP contribution >= 0.6 is 0 Å². The summed E-state index contributed by atoms with van der Waals surface area (Å²) in [6.45, 7) is 0. The van der Waals surface area contributed by atoms with E-state index in [2.05, 4.69) is 10.2 Å². The van der Waals surface area contributed by atoms with Gasteiger partial charge in [0, 0.05) is 29.6 Å². The zero-order chi connectivity index (χ0) is 11.8. The zero-order valence-electron chi connectivity index (χ0n) is 8.92. The Balaban J connectivity index is 2.24. The van der Waals surface area contributed by atoms with Crippen molar-refractivity contribution in [3.05, 3.63) is 52.8 Å². The molecular weight excluding hydrogens is 216 g/mol. The van der Waals surface area contributed by atoms with Crippen molar-refractivity contribution in [2.45, 2.75) is 0 Å². The first-order valence-corrected chi connectivity index (χ1v) is 5.17. The van der Waals surface area contributed by atoms with Gasteiger partial charge in [0.1, 0.15) is 5.65 Å². The third kappa shape index (κ3) is 1.57. The predicted octanol–water partition coefficient (Wildman–Crippen LogP) is 1.27. The molecule has 0 aliphatic carbocycles. The van der Waals surface area contributed by atoms with Crippen LogP contribution in [-0.2, 0) is 0 Å². The quantitative estimate of drug-likeness (QED) is 0.613. The fraction of sp³-hybridized carbons (Fsp3) is 0. The monoisotopic (exact) mass is 226 g/mol. The summed E-state index contributed by atoms with van der Waals surface area (Å²) in [4.78, 5) is 11.2. The Morgan fingerprint density at radius 1 is 1.18 bits per heavy atom. The standard InChI is InChI=1S/C12H10N4O/c13-9-3-1-8(2-4-9)12-15-14-11-7-10(17)5-6-16(11)12/h1-7,14H,13H2. The van der Waals surface area contributed by atoms with Gasteiger partial charge in [0.2, 0.25) is 0 Å². The van der Waals surface area contributed by atoms with E-state index in [-0.39, 0.29) is 5.43 Å². The highest BCUT2D eigenvalue weighted by Crippen LogP contribution is 2.18. The molecule has 84 valence electrons. The molecule has 17 heavy (non-hydrogen) atoms. The van der Waals surface area contributed by atoms with Gasteiger partial charge < -0.3 is 5.73 Å². The van der Waals surface area contributed by atoms with Crippen LogP contribution in [0.4, 0.5) is 5.69 Å². The lowest BCUT2D eigenvalue weighted by Crippen LogP contribution is -1.99. The van der Waals surface area contributed by atoms with Gasteiger partial charge in [-0.25, -0.2) is 0 Å². The maximum absolute atomic E-state index is 11.2. The summed E-state index contributed by atoms with van der Waals surface area (Å²) < 4.78 is 1.83. The summed E-state index contributed by atoms with van der Waals surface area (Å²) in [7, 11) is 0. The van der Waals surface area contributed by atoms with E-state index in [1.54, 1.807) is 6.20 Å². The number of pyridine rings is 1. The Labute approximate surface area is 96.5 Å². The second kappa shape index (κ2) is 3.48. The van der Waals surface area contributed by atoms with Crippen molar-refractivity contribution in [2.24, 2.45) is 0 Å². The second-order valence-electron chi connectivity index (χ2n) is 3.79. The fourth-order valence-corrected chi connectivity index (χ4v) is 1.75. The molecule has 0 unspecified atom stereocenters. The number of hydrogen-bond acceptors (Lipinski definition) is 3. The van der Waals surface area contributed by atoms with Crippen LogP contribution in [0.3, 0.4) is 0 Å². The maximum Gasteiger partial charge on any atom is 0.183 e. The Bertz CT molecular complexity index is 724. The van der Waals surface area contributed by atoms with E-state index < -0.39 is 0 Å². The third-order valence-electron chi connectivity index (χ3n) is 2.60. The fourth-order valence-electron chi connectivity index (χ4n) is 1.75. The van der Waals surface area contributed by atoms with E-state index in [1.165, 1.54) is 12.1 Å². The van der Waals surface area contributed by atoms with Gasteiger partial charge in [-0.2, -0.15) is 5.10 Å². The van der Waals surface area contributed by atoms with Gasteiger partial charge in [-0.3, -0.25) is 14.3 Å². The number of anilines is 1. The smallest absolute Gasteiger partial charge is 0.183 e. The van der Waals surface area contributed by atoms with Crippen molar-refractivity contribution in [3.8, 4) is 11.4 Å². The minimum Gasteiger partial charge on any atom is -0.399 e. The number of H-pyrrole nitrogens is 1. The highest BCUT2D eigenvalue weighted by atomic mass is 16.1. The number of aromatic amines is 1. The Morgan fingerprint density at radius 2 is 1.94 bits per heavy atom. The first kappa shape index (κ1) is 9.65. The van der Waals surface area contributed by atoms with Gasteiger partial charge in [-0.15, -0.1) is 0 Å². The molecule has 2 heterocycles. The molecule has 3 N–H and O–H groups in total. The van der Waals surface area contributed by atoms with Crippen LogP contribution in [0.2, 0.25) is 0 Å². The highest BCUT2D eigenvalue weighted by molar-refractivity contribution is 5.61. The molecule has 0 bridgehead atoms. The number of benzene rings is 1. The summed E-state index contributed by atoms with van der Waals surface area (Å²) in [6, 6.07) is 10.4. The minimum atomic E-state index is -0.0440. The lowest BCUT2D eigenvalue weighted by atomic mass is 10.2. The van der Waals surface area contributed by atoms with Gasteiger partial charge in [0.15, 0.2) is 11.3 Å². The van der Waals surface area contributed by atoms with Crippen LogP contribution in [0.1, 0.15) is 0 Å². The van der Waals surface area contributed by atoms with Crippen molar-refractivity contribution in [1.29, 1.82) is 0 Å². The summed E-state index contributed by atoms with van der Waals surface area (Å²) in [5, 5.41) is 7.02. The number of nitrogens with one attached hydrogen (secondary N) is 1. The molecule has 0 spiro atoms. The zero-order valence-corrected chi connectivity index (χ0v) is 8.92. The summed E-state index contributed by atoms with van der Waals surface area (Å²) >= 11 is 0. The maximum atomic E-state index is 11.2. The van der Waals surface area contributed by atoms with E-state index in [1.807, 2.05) is 28.7 Å². The summed E-state index contributed by atoms with van der Waals surface area (Å²) in [5.74, 6) is 0.750. The molecule has 3 aromatic rings. The average molecular weight is 226 g/mol. The number of nitrogen functional groups attached to an aromatic ring is 1. The van der Waals surface area contributed by atoms with Crippen LogP contribution in [0.15, 0.2) is 47.4 Å². The number of fused-ring (bicyclic) bond motifs is 1. The summed E-state index contributed by atoms with van der Waals surface area (Å²) in [5.41, 5.74) is 7.91. The van der Waals surface area contributed by atoms with Crippen LogP contribution in [0, 0.1) is 0 Å². The van der Waals surface area contributed by atoms with Gasteiger partial charge in [0.05, 0.1) is 0 Å². The molecule has 0 fully saturated rings. The normalized spacial score (nSPS) is 10.8. The molecule has 2 aromatic heterocycles. The van der Waals surface area contributed by atoms with Crippen LogP contribution < -0.4 is 11.2 Å². The van der Waals surface area contributed by atoms with E-state index >= 15 is 0 Å². The molecule has 3 rings (SSSR count). The van der Waals surface area contributed by atoms with Crippen molar-refractivity contribution >= 4 is 11.3 Å². The molecule has 0 saturated heterocycles. The Hall–Kier alpha value is -2.56. The van der Waals surface area contributed by atoms with Crippen LogP contribution in [0.25, 0.3) is 17.0 Å². The van der Waals surface area contributed by atoms with E-state index in [4.69, 9.17) is 5.73 Å². The number of nitrogens with two attached hydrogens (primary N) is 1. The van der Waals surface area contributed by atoms with Gasteiger partial charge in [-0.05, 0) is 24.3 Å². The van der Waals surface area contributed by atoms with Crippen molar-refractivity contribution in [3.63, 3.8) is 0 Å². The van der Waals surface area contributed by atoms with Gasteiger partial charge in [0.25, 0.3) is 0 Å². The molecule has 1 aromatic carbocycles. The molecule has 5 heteroatoms. The van der Waals surface area contributed by atoms with Gasteiger partial charge in [-0.1, -0.05) is 0 Å². The lowest BCUT2D eigenvalue weighted by Gasteiger charge is -2.00. The first-order chi connectivity index (χ1) is 8.24. The van der Waals surface area contributed by atoms with Crippen LogP contribution in [0.5, 0.6) is 0 Å². The second-order valence-corrected chi connectivity index (χ2v) is 3.79. The number of hydrogen-bond donors (Lipinski definition) is 2. The average Bonchev–Trinajstić information content (AvgIpc) is 2.73. The number of nitrogens with zero attached hydrogens (tertiary/aromatic N) is 2. The molecule has 0 amide bonds. The third-order valence-corrected chi connectivity index (χ3v) is 2.60. The molecule has 0 aliphatic rings. The molecule has 0 aliphatic heterocycles. The first-order valence-electron chi connectivity index (χ1n) is 5.17. The van der Waals surface area contributed by atoms with E-state index in [0.717, 1.165) is 11.4 Å². The molecule has 5 nitrogen and oxygen atoms in total. The summed E-state index contributed by atoms with van der Waals surface area (Å²) in [6.07, 6.45) is 1.70. The topological polar surface area (TPSA) is 76.2 Å². The molecular formula is C12H10N4O. The number of rotatable bonds is 1. The predicted molar refractivity (Wildman–Crippen MR) is 65.7 cm³/mol. The Kier molecular flexibility index (Phi) is 1.98. The van der Waals surface area contributed by atoms with Gasteiger partial charge >= 0.3 is 0 Å². The lowest BCUT2D eigenvalue weighted by molar-refractivity contribution is 1.11. The van der Waals surface area contributed by atoms with Crippen molar-refractivity contribution in [1.82, 2.24) is 14.6 Å². The highest BCUT2D eigenvalue weighted by Gasteiger charge is 2.06. The largest absolute Gasteiger partial charge is 0.399 e. The molecule has 0 saturated carbocycles. The Morgan fingerprint density at radius 3 is 2.71 bits per heavy atom. The molecule has 0 radical (unpaired) electrons. The van der Waals surface area contributed by atoms with E-state index in [0.29, 0.717) is 11.3 Å². The van der Waals surface area contributed by atoms with E-state index in [9.17, 15) is 4.79 Å². The van der Waals surface area contributed by atoms with Crippen molar-refractivity contribution < 1.29 is 0 Å². The van der Waals surface area contributed by atoms with Crippen molar-refractivity contribution in [2.75, 3.05) is 5.73 Å². The minimum absolute atomic E-state index is 0.0440. The SMILES string of the molecule is Nc1ccc(-c2n[nH]c3cc(=O)ccn23)cc1. The van der Waals surface area contributed by atoms with Crippen LogP contribution in [-0.4, -0.2) is 14.6 Å².